The van der Waals surface area contributed by atoms with E-state index in [9.17, 15) is 13.2 Å². The summed E-state index contributed by atoms with van der Waals surface area (Å²) in [5, 5.41) is 3.08. The predicted octanol–water partition coefficient (Wildman–Crippen LogP) is 2.75. The van der Waals surface area contributed by atoms with Crippen LogP contribution in [0.3, 0.4) is 0 Å². The summed E-state index contributed by atoms with van der Waals surface area (Å²) in [5.41, 5.74) is 0.282. The Bertz CT molecular complexity index is 732. The number of alkyl halides is 3. The van der Waals surface area contributed by atoms with E-state index in [1.54, 1.807) is 0 Å². The molecule has 0 spiro atoms. The number of nitrogens with one attached hydrogen (secondary N) is 1. The van der Waals surface area contributed by atoms with Crippen molar-refractivity contribution in [3.05, 3.63) is 41.4 Å². The fourth-order valence-electron chi connectivity index (χ4n) is 2.65. The Kier molecular flexibility index (Phi) is 5.12. The molecule has 134 valence electrons. The van der Waals surface area contributed by atoms with Gasteiger partial charge in [-0.05, 0) is 19.4 Å². The number of halogens is 3. The van der Waals surface area contributed by atoms with Crippen LogP contribution in [0.2, 0.25) is 0 Å². The molecular formula is C16H18F3N5O. The van der Waals surface area contributed by atoms with E-state index in [-0.39, 0.29) is 18.2 Å². The Balaban J connectivity index is 1.61. The molecule has 0 aliphatic carbocycles. The molecule has 9 heteroatoms. The molecule has 1 saturated heterocycles. The fourth-order valence-corrected chi connectivity index (χ4v) is 2.65. The normalized spacial score (nSPS) is 17.7. The average molecular weight is 353 g/mol. The molecule has 1 atom stereocenters. The Morgan fingerprint density at radius 1 is 1.24 bits per heavy atom. The highest BCUT2D eigenvalue weighted by Gasteiger charge is 2.33. The zero-order valence-corrected chi connectivity index (χ0v) is 13.7. The standard InChI is InChI=1S/C16H18F3N5O/c1-10-6-13(16(17,18)19)24-14(23-10)2-4-20-15-7-12(21-9-22-15)11-3-5-25-8-11/h6-7,9,11H,2-5,8H2,1H3,(H,20,21,22). The van der Waals surface area contributed by atoms with Crippen LogP contribution in [0.5, 0.6) is 0 Å². The molecule has 2 aromatic rings. The van der Waals surface area contributed by atoms with Crippen LogP contribution in [0.1, 0.15) is 35.2 Å². The van der Waals surface area contributed by atoms with Crippen LogP contribution in [-0.2, 0) is 17.3 Å². The molecule has 0 saturated carbocycles. The minimum absolute atomic E-state index is 0.151. The van der Waals surface area contributed by atoms with E-state index in [1.165, 1.54) is 13.3 Å². The topological polar surface area (TPSA) is 72.8 Å². The first-order valence-corrected chi connectivity index (χ1v) is 7.97. The number of anilines is 1. The summed E-state index contributed by atoms with van der Waals surface area (Å²) in [4.78, 5) is 16.0. The molecule has 3 heterocycles. The molecule has 0 amide bonds. The largest absolute Gasteiger partial charge is 0.433 e. The lowest BCUT2D eigenvalue weighted by Crippen LogP contribution is -2.15. The third-order valence-electron chi connectivity index (χ3n) is 3.88. The molecular weight excluding hydrogens is 335 g/mol. The van der Waals surface area contributed by atoms with Gasteiger partial charge in [0.15, 0.2) is 0 Å². The Morgan fingerprint density at radius 2 is 2.08 bits per heavy atom. The minimum atomic E-state index is -4.47. The molecule has 1 N–H and O–H groups in total. The smallest absolute Gasteiger partial charge is 0.381 e. The molecule has 0 aromatic carbocycles. The van der Waals surface area contributed by atoms with Crippen LogP contribution in [0, 0.1) is 6.92 Å². The first-order valence-electron chi connectivity index (χ1n) is 7.97. The molecule has 25 heavy (non-hydrogen) atoms. The van der Waals surface area contributed by atoms with Gasteiger partial charge in [0.2, 0.25) is 0 Å². The van der Waals surface area contributed by atoms with Gasteiger partial charge >= 0.3 is 6.18 Å². The Morgan fingerprint density at radius 3 is 2.80 bits per heavy atom. The van der Waals surface area contributed by atoms with E-state index in [0.29, 0.717) is 24.7 Å². The Hall–Kier alpha value is -2.29. The van der Waals surface area contributed by atoms with Crippen molar-refractivity contribution in [2.24, 2.45) is 0 Å². The molecule has 1 aliphatic rings. The zero-order chi connectivity index (χ0) is 17.9. The molecule has 0 radical (unpaired) electrons. The van der Waals surface area contributed by atoms with Crippen molar-refractivity contribution in [3.8, 4) is 0 Å². The van der Waals surface area contributed by atoms with Crippen molar-refractivity contribution in [1.82, 2.24) is 19.9 Å². The number of aryl methyl sites for hydroxylation is 1. The summed E-state index contributed by atoms with van der Waals surface area (Å²) in [6.45, 7) is 3.27. The lowest BCUT2D eigenvalue weighted by atomic mass is 10.1. The summed E-state index contributed by atoms with van der Waals surface area (Å²) < 4.78 is 43.7. The molecule has 1 fully saturated rings. The highest BCUT2D eigenvalue weighted by atomic mass is 19.4. The van der Waals surface area contributed by atoms with Gasteiger partial charge in [-0.2, -0.15) is 13.2 Å². The van der Waals surface area contributed by atoms with Gasteiger partial charge in [-0.3, -0.25) is 0 Å². The van der Waals surface area contributed by atoms with E-state index in [1.807, 2.05) is 6.07 Å². The van der Waals surface area contributed by atoms with Crippen LogP contribution in [0.25, 0.3) is 0 Å². The maximum Gasteiger partial charge on any atom is 0.433 e. The van der Waals surface area contributed by atoms with Crippen LogP contribution >= 0.6 is 0 Å². The van der Waals surface area contributed by atoms with Crippen LogP contribution < -0.4 is 5.32 Å². The van der Waals surface area contributed by atoms with Gasteiger partial charge in [0.05, 0.1) is 12.3 Å². The molecule has 1 aliphatic heterocycles. The molecule has 6 nitrogen and oxygen atoms in total. The number of aromatic nitrogens is 4. The lowest BCUT2D eigenvalue weighted by molar-refractivity contribution is -0.141. The van der Waals surface area contributed by atoms with Crippen molar-refractivity contribution >= 4 is 5.82 Å². The highest BCUT2D eigenvalue weighted by molar-refractivity contribution is 5.36. The first-order chi connectivity index (χ1) is 11.9. The van der Waals surface area contributed by atoms with Gasteiger partial charge in [0, 0.05) is 37.3 Å². The second kappa shape index (κ2) is 7.30. The van der Waals surface area contributed by atoms with E-state index >= 15 is 0 Å². The van der Waals surface area contributed by atoms with Crippen molar-refractivity contribution in [2.75, 3.05) is 25.1 Å². The van der Waals surface area contributed by atoms with Crippen LogP contribution in [0.4, 0.5) is 19.0 Å². The van der Waals surface area contributed by atoms with E-state index in [4.69, 9.17) is 4.74 Å². The quantitative estimate of drug-likeness (QED) is 0.891. The van der Waals surface area contributed by atoms with Crippen molar-refractivity contribution in [3.63, 3.8) is 0 Å². The van der Waals surface area contributed by atoms with Gasteiger partial charge in [-0.15, -0.1) is 0 Å². The number of rotatable bonds is 5. The lowest BCUT2D eigenvalue weighted by Gasteiger charge is -2.11. The Labute approximate surface area is 142 Å². The first kappa shape index (κ1) is 17.5. The van der Waals surface area contributed by atoms with Crippen LogP contribution in [-0.4, -0.2) is 39.7 Å². The summed E-state index contributed by atoms with van der Waals surface area (Å²) in [6.07, 6.45) is -1.81. The van der Waals surface area contributed by atoms with Crippen molar-refractivity contribution in [2.45, 2.75) is 31.9 Å². The SMILES string of the molecule is Cc1cc(C(F)(F)F)nc(CCNc2cc(C3CCOC3)ncn2)n1. The second-order valence-corrected chi connectivity index (χ2v) is 5.87. The highest BCUT2D eigenvalue weighted by Crippen LogP contribution is 2.28. The van der Waals surface area contributed by atoms with E-state index in [0.717, 1.165) is 24.8 Å². The predicted molar refractivity (Wildman–Crippen MR) is 84.2 cm³/mol. The summed E-state index contributed by atoms with van der Waals surface area (Å²) in [6, 6.07) is 2.79. The van der Waals surface area contributed by atoms with Gasteiger partial charge in [-0.1, -0.05) is 0 Å². The summed E-state index contributed by atoms with van der Waals surface area (Å²) in [7, 11) is 0. The van der Waals surface area contributed by atoms with Crippen molar-refractivity contribution < 1.29 is 17.9 Å². The minimum Gasteiger partial charge on any atom is -0.381 e. The maximum absolute atomic E-state index is 12.8. The maximum atomic E-state index is 12.8. The monoisotopic (exact) mass is 353 g/mol. The van der Waals surface area contributed by atoms with Gasteiger partial charge in [-0.25, -0.2) is 19.9 Å². The fraction of sp³-hybridized carbons (Fsp3) is 0.500. The molecule has 3 rings (SSSR count). The summed E-state index contributed by atoms with van der Waals surface area (Å²) in [5.74, 6) is 1.04. The second-order valence-electron chi connectivity index (χ2n) is 5.87. The molecule has 0 bridgehead atoms. The van der Waals surface area contributed by atoms with Gasteiger partial charge in [0.1, 0.15) is 23.7 Å². The van der Waals surface area contributed by atoms with Gasteiger partial charge < -0.3 is 10.1 Å². The third kappa shape index (κ3) is 4.62. The number of ether oxygens (including phenoxy) is 1. The number of hydrogen-bond donors (Lipinski definition) is 1. The van der Waals surface area contributed by atoms with E-state index in [2.05, 4.69) is 25.3 Å². The number of hydrogen-bond acceptors (Lipinski definition) is 6. The molecule has 2 aromatic heterocycles. The van der Waals surface area contributed by atoms with E-state index < -0.39 is 11.9 Å². The van der Waals surface area contributed by atoms with Gasteiger partial charge in [0.25, 0.3) is 0 Å². The molecule has 1 unspecified atom stereocenters. The third-order valence-corrected chi connectivity index (χ3v) is 3.88. The summed E-state index contributed by atoms with van der Waals surface area (Å²) >= 11 is 0. The number of nitrogens with zero attached hydrogens (tertiary/aromatic N) is 4. The zero-order valence-electron chi connectivity index (χ0n) is 13.7. The van der Waals surface area contributed by atoms with Crippen molar-refractivity contribution in [1.29, 1.82) is 0 Å². The van der Waals surface area contributed by atoms with Crippen LogP contribution in [0.15, 0.2) is 18.5 Å². The average Bonchev–Trinajstić information content (AvgIpc) is 3.08.